The number of likely N-dealkylation sites (N-methyl/N-ethyl adjacent to an activating group) is 1. The second-order valence-electron chi connectivity index (χ2n) is 5.58. The first kappa shape index (κ1) is 14.7. The van der Waals surface area contributed by atoms with Gasteiger partial charge in [0.15, 0.2) is 11.6 Å². The van der Waals surface area contributed by atoms with E-state index in [0.29, 0.717) is 5.95 Å². The number of aromatic nitrogens is 2. The third-order valence-corrected chi connectivity index (χ3v) is 4.30. The topological polar surface area (TPSA) is 53.5 Å². The zero-order chi connectivity index (χ0) is 14.8. The lowest BCUT2D eigenvalue weighted by Gasteiger charge is -2.35. The molecule has 3 rings (SSSR count). The number of hydrogen-bond donors (Lipinski definition) is 2. The number of piperazine rings is 1. The Morgan fingerprint density at radius 2 is 2.05 bits per heavy atom. The van der Waals surface area contributed by atoms with Gasteiger partial charge in [-0.1, -0.05) is 0 Å². The van der Waals surface area contributed by atoms with Crippen molar-refractivity contribution >= 4 is 24.4 Å². The van der Waals surface area contributed by atoms with E-state index < -0.39 is 0 Å². The quantitative estimate of drug-likeness (QED) is 0.820. The van der Waals surface area contributed by atoms with Crippen molar-refractivity contribution in [3.05, 3.63) is 5.69 Å². The predicted octanol–water partition coefficient (Wildman–Crippen LogP) is 1.24. The maximum atomic E-state index is 5.93. The molecule has 3 heterocycles. The van der Waals surface area contributed by atoms with E-state index in [2.05, 4.69) is 51.7 Å². The van der Waals surface area contributed by atoms with Crippen molar-refractivity contribution in [2.45, 2.75) is 25.2 Å². The molecule has 0 radical (unpaired) electrons. The van der Waals surface area contributed by atoms with Crippen LogP contribution in [-0.4, -0.2) is 60.1 Å². The molecule has 0 amide bonds. The summed E-state index contributed by atoms with van der Waals surface area (Å²) in [5.74, 6) is 2.45. The highest BCUT2D eigenvalue weighted by Gasteiger charge is 2.27. The Morgan fingerprint density at radius 3 is 2.76 bits per heavy atom. The molecule has 2 aliphatic heterocycles. The van der Waals surface area contributed by atoms with Crippen LogP contribution in [0, 0.1) is 0 Å². The second-order valence-corrected chi connectivity index (χ2v) is 6.15. The summed E-state index contributed by atoms with van der Waals surface area (Å²) in [6.45, 7) is 6.88. The molecule has 1 aromatic heterocycles. The van der Waals surface area contributed by atoms with Gasteiger partial charge < -0.3 is 19.9 Å². The summed E-state index contributed by atoms with van der Waals surface area (Å²) in [4.78, 5) is 13.9. The smallest absolute Gasteiger partial charge is 0.225 e. The summed E-state index contributed by atoms with van der Waals surface area (Å²) in [5.41, 5.74) is 0.942. The lowest BCUT2D eigenvalue weighted by Crippen LogP contribution is -2.45. The van der Waals surface area contributed by atoms with Crippen LogP contribution in [0.5, 0.6) is 5.75 Å². The van der Waals surface area contributed by atoms with Gasteiger partial charge in [-0.2, -0.15) is 4.98 Å². The van der Waals surface area contributed by atoms with E-state index in [1.54, 1.807) is 0 Å². The largest absolute Gasteiger partial charge is 0.474 e. The summed E-state index contributed by atoms with van der Waals surface area (Å²) < 4.78 is 5.93. The summed E-state index contributed by atoms with van der Waals surface area (Å²) >= 11 is 4.46. The number of fused-ring (bicyclic) bond motifs is 1. The number of nitrogens with one attached hydrogen (secondary N) is 1. The van der Waals surface area contributed by atoms with Crippen LogP contribution < -0.4 is 15.0 Å². The lowest BCUT2D eigenvalue weighted by molar-refractivity contribution is 0.251. The summed E-state index contributed by atoms with van der Waals surface area (Å²) in [5, 5.41) is 3.22. The lowest BCUT2D eigenvalue weighted by atomic mass is 10.1. The predicted molar refractivity (Wildman–Crippen MR) is 87.6 cm³/mol. The van der Waals surface area contributed by atoms with Gasteiger partial charge in [-0.25, -0.2) is 4.98 Å². The number of rotatable bonds is 3. The maximum Gasteiger partial charge on any atom is 0.225 e. The van der Waals surface area contributed by atoms with Crippen molar-refractivity contribution < 1.29 is 4.74 Å². The summed E-state index contributed by atoms with van der Waals surface area (Å²) in [6.07, 6.45) is 1.78. The Morgan fingerprint density at radius 1 is 1.29 bits per heavy atom. The van der Waals surface area contributed by atoms with Gasteiger partial charge in [0.05, 0.1) is 5.69 Å². The molecule has 1 saturated heterocycles. The highest BCUT2D eigenvalue weighted by Crippen LogP contribution is 2.36. The van der Waals surface area contributed by atoms with Crippen LogP contribution in [0.1, 0.15) is 19.0 Å². The number of aryl methyl sites for hydroxylation is 1. The van der Waals surface area contributed by atoms with Gasteiger partial charge in [-0.3, -0.25) is 0 Å². The van der Waals surface area contributed by atoms with Gasteiger partial charge in [-0.15, -0.1) is 12.6 Å². The number of anilines is 2. The number of thiol groups is 1. The minimum Gasteiger partial charge on any atom is -0.474 e. The molecule has 1 aromatic rings. The van der Waals surface area contributed by atoms with Crippen LogP contribution in [0.25, 0.3) is 0 Å². The van der Waals surface area contributed by atoms with Crippen LogP contribution in [0.15, 0.2) is 0 Å². The Labute approximate surface area is 131 Å². The Bertz CT molecular complexity index is 504. The van der Waals surface area contributed by atoms with Gasteiger partial charge >= 0.3 is 0 Å². The molecule has 116 valence electrons. The monoisotopic (exact) mass is 309 g/mol. The third kappa shape index (κ3) is 3.18. The van der Waals surface area contributed by atoms with Crippen molar-refractivity contribution in [2.75, 3.05) is 50.0 Å². The fourth-order valence-electron chi connectivity index (χ4n) is 2.70. The van der Waals surface area contributed by atoms with Crippen LogP contribution in [0.4, 0.5) is 11.8 Å². The van der Waals surface area contributed by atoms with Crippen LogP contribution in [-0.2, 0) is 6.42 Å². The molecule has 1 fully saturated rings. The van der Waals surface area contributed by atoms with E-state index >= 15 is 0 Å². The molecule has 1 unspecified atom stereocenters. The fourth-order valence-corrected chi connectivity index (χ4v) is 2.93. The van der Waals surface area contributed by atoms with Crippen LogP contribution >= 0.6 is 12.6 Å². The first-order valence-corrected chi connectivity index (χ1v) is 8.12. The average Bonchev–Trinajstić information content (AvgIpc) is 2.48. The molecule has 0 spiro atoms. The van der Waals surface area contributed by atoms with E-state index in [1.165, 1.54) is 0 Å². The molecule has 1 N–H and O–H groups in total. The average molecular weight is 309 g/mol. The molecule has 1 atom stereocenters. The van der Waals surface area contributed by atoms with Gasteiger partial charge in [0, 0.05) is 32.7 Å². The van der Waals surface area contributed by atoms with Crippen molar-refractivity contribution in [3.63, 3.8) is 0 Å². The van der Waals surface area contributed by atoms with Crippen LogP contribution in [0.3, 0.4) is 0 Å². The minimum absolute atomic E-state index is 0.0581. The molecular weight excluding hydrogens is 286 g/mol. The first-order valence-electron chi connectivity index (χ1n) is 7.60. The van der Waals surface area contributed by atoms with Gasteiger partial charge in [-0.05, 0) is 26.8 Å². The molecule has 0 aromatic carbocycles. The van der Waals surface area contributed by atoms with Crippen molar-refractivity contribution in [2.24, 2.45) is 0 Å². The number of ether oxygens (including phenoxy) is 1. The van der Waals surface area contributed by atoms with E-state index in [0.717, 1.165) is 62.8 Å². The fraction of sp³-hybridized carbons (Fsp3) is 0.714. The molecule has 0 bridgehead atoms. The molecule has 0 saturated carbocycles. The highest BCUT2D eigenvalue weighted by molar-refractivity contribution is 7.80. The second kappa shape index (κ2) is 6.27. The van der Waals surface area contributed by atoms with E-state index in [9.17, 15) is 0 Å². The Kier molecular flexibility index (Phi) is 4.40. The third-order valence-electron chi connectivity index (χ3n) is 3.94. The molecule has 6 nitrogen and oxygen atoms in total. The van der Waals surface area contributed by atoms with E-state index in [1.807, 2.05) is 0 Å². The summed E-state index contributed by atoms with van der Waals surface area (Å²) in [7, 11) is 2.15. The highest BCUT2D eigenvalue weighted by atomic mass is 32.1. The van der Waals surface area contributed by atoms with Crippen molar-refractivity contribution in [3.8, 4) is 5.75 Å². The normalized spacial score (nSPS) is 22.6. The van der Waals surface area contributed by atoms with E-state index in [-0.39, 0.29) is 5.44 Å². The molecular formula is C14H23N5OS. The van der Waals surface area contributed by atoms with Crippen LogP contribution in [0.2, 0.25) is 0 Å². The molecule has 2 aliphatic rings. The van der Waals surface area contributed by atoms with Gasteiger partial charge in [0.25, 0.3) is 0 Å². The van der Waals surface area contributed by atoms with Gasteiger partial charge in [0.2, 0.25) is 5.95 Å². The standard InChI is InChI=1S/C14H23N5OS/c1-3-15-14-16-10-4-5-11(21)20-12(10)13(17-14)19-8-6-18(2)7-9-19/h11,21H,3-9H2,1-2H3,(H,15,16,17). The Balaban J connectivity index is 1.94. The molecule has 7 heteroatoms. The first-order chi connectivity index (χ1) is 10.2. The molecule has 0 aliphatic carbocycles. The molecule has 21 heavy (non-hydrogen) atoms. The maximum absolute atomic E-state index is 5.93. The van der Waals surface area contributed by atoms with Crippen molar-refractivity contribution in [1.82, 2.24) is 14.9 Å². The number of hydrogen-bond acceptors (Lipinski definition) is 7. The zero-order valence-electron chi connectivity index (χ0n) is 12.7. The zero-order valence-corrected chi connectivity index (χ0v) is 13.6. The number of nitrogens with zero attached hydrogens (tertiary/aromatic N) is 4. The SMILES string of the molecule is CCNc1nc2c(c(N3CCN(C)CC3)n1)OC(S)CC2. The van der Waals surface area contributed by atoms with Crippen molar-refractivity contribution in [1.29, 1.82) is 0 Å². The summed E-state index contributed by atoms with van der Waals surface area (Å²) in [6, 6.07) is 0. The van der Waals surface area contributed by atoms with Gasteiger partial charge in [0.1, 0.15) is 5.44 Å². The van der Waals surface area contributed by atoms with E-state index in [4.69, 9.17) is 4.74 Å². The Hall–Kier alpha value is -1.21. The minimum atomic E-state index is -0.0581.